The molecule has 0 saturated carbocycles. The molecular formula is C28H36ClN3O2. The van der Waals surface area contributed by atoms with Gasteiger partial charge in [-0.15, -0.1) is 0 Å². The summed E-state index contributed by atoms with van der Waals surface area (Å²) in [6, 6.07) is 17.5. The fraction of sp³-hybridized carbons (Fsp3) is 0.429. The van der Waals surface area contributed by atoms with Crippen molar-refractivity contribution in [1.82, 2.24) is 14.5 Å². The van der Waals surface area contributed by atoms with E-state index in [-0.39, 0.29) is 0 Å². The number of nitrogens with zero attached hydrogens (tertiary/aromatic N) is 3. The third-order valence-corrected chi connectivity index (χ3v) is 6.44. The van der Waals surface area contributed by atoms with Crippen molar-refractivity contribution in [3.8, 4) is 11.4 Å². The first-order valence-corrected chi connectivity index (χ1v) is 12.8. The molecule has 0 radical (unpaired) electrons. The lowest BCUT2D eigenvalue weighted by Gasteiger charge is -2.23. The number of aromatic nitrogens is 2. The Bertz CT molecular complexity index is 1030. The fourth-order valence-corrected chi connectivity index (χ4v) is 4.40. The number of imidazole rings is 1. The smallest absolute Gasteiger partial charge is 0.335 e. The lowest BCUT2D eigenvalue weighted by atomic mass is 10.1. The predicted molar refractivity (Wildman–Crippen MR) is 139 cm³/mol. The molecule has 0 amide bonds. The van der Waals surface area contributed by atoms with Gasteiger partial charge in [0.15, 0.2) is 5.15 Å². The highest BCUT2D eigenvalue weighted by molar-refractivity contribution is 6.30. The van der Waals surface area contributed by atoms with Gasteiger partial charge in [0, 0.05) is 18.7 Å². The van der Waals surface area contributed by atoms with Gasteiger partial charge in [-0.3, -0.25) is 4.90 Å². The van der Waals surface area contributed by atoms with Crippen LogP contribution in [-0.2, 0) is 19.5 Å². The number of rotatable bonds is 14. The minimum atomic E-state index is -0.885. The van der Waals surface area contributed by atoms with E-state index in [0.717, 1.165) is 87.3 Å². The van der Waals surface area contributed by atoms with Gasteiger partial charge < -0.3 is 9.67 Å². The summed E-state index contributed by atoms with van der Waals surface area (Å²) in [4.78, 5) is 18.3. The Morgan fingerprint density at radius 3 is 2.29 bits per heavy atom. The van der Waals surface area contributed by atoms with Gasteiger partial charge in [0.25, 0.3) is 0 Å². The Balaban J connectivity index is 1.74. The van der Waals surface area contributed by atoms with Crippen LogP contribution < -0.4 is 0 Å². The molecule has 1 heterocycles. The zero-order valence-corrected chi connectivity index (χ0v) is 21.1. The zero-order valence-electron chi connectivity index (χ0n) is 20.3. The summed E-state index contributed by atoms with van der Waals surface area (Å²) in [7, 11) is 0. The van der Waals surface area contributed by atoms with Gasteiger partial charge in [0.1, 0.15) is 5.82 Å². The molecule has 0 spiro atoms. The van der Waals surface area contributed by atoms with E-state index in [4.69, 9.17) is 21.7 Å². The van der Waals surface area contributed by atoms with Crippen molar-refractivity contribution in [3.63, 3.8) is 0 Å². The van der Waals surface area contributed by atoms with Crippen molar-refractivity contribution in [1.29, 1.82) is 0 Å². The number of benzene rings is 2. The molecule has 1 aromatic heterocycles. The minimum absolute atomic E-state index is 0.331. The lowest BCUT2D eigenvalue weighted by molar-refractivity contribution is 0.0697. The van der Waals surface area contributed by atoms with Crippen molar-refractivity contribution in [3.05, 3.63) is 76.6 Å². The van der Waals surface area contributed by atoms with Gasteiger partial charge in [0.2, 0.25) is 0 Å². The van der Waals surface area contributed by atoms with E-state index in [1.165, 1.54) is 0 Å². The van der Waals surface area contributed by atoms with Gasteiger partial charge in [-0.2, -0.15) is 0 Å². The topological polar surface area (TPSA) is 58.4 Å². The van der Waals surface area contributed by atoms with Crippen LogP contribution in [-0.4, -0.2) is 38.6 Å². The van der Waals surface area contributed by atoms with Crippen LogP contribution in [0.1, 0.15) is 67.6 Å². The Kier molecular flexibility index (Phi) is 10.2. The van der Waals surface area contributed by atoms with Crippen LogP contribution in [0.25, 0.3) is 11.4 Å². The minimum Gasteiger partial charge on any atom is -0.478 e. The van der Waals surface area contributed by atoms with Gasteiger partial charge in [-0.1, -0.05) is 80.8 Å². The molecular weight excluding hydrogens is 446 g/mol. The molecule has 0 fully saturated rings. The second-order valence-corrected chi connectivity index (χ2v) is 9.14. The maximum atomic E-state index is 11.1. The first-order chi connectivity index (χ1) is 16.5. The van der Waals surface area contributed by atoms with Crippen LogP contribution in [0, 0.1) is 0 Å². The molecule has 0 saturated heterocycles. The Labute approximate surface area is 208 Å². The van der Waals surface area contributed by atoms with E-state index in [2.05, 4.69) is 35.4 Å². The number of aromatic carboxylic acids is 1. The van der Waals surface area contributed by atoms with Crippen LogP contribution in [0.5, 0.6) is 0 Å². The summed E-state index contributed by atoms with van der Waals surface area (Å²) in [6.07, 6.45) is 6.40. The van der Waals surface area contributed by atoms with Crippen LogP contribution in [0.15, 0.2) is 54.6 Å². The maximum Gasteiger partial charge on any atom is 0.335 e. The van der Waals surface area contributed by atoms with Crippen molar-refractivity contribution < 1.29 is 9.90 Å². The first-order valence-electron chi connectivity index (χ1n) is 12.4. The summed E-state index contributed by atoms with van der Waals surface area (Å²) in [5.41, 5.74) is 3.68. The number of aryl methyl sites for hydroxylation is 1. The van der Waals surface area contributed by atoms with Gasteiger partial charge >= 0.3 is 5.97 Å². The highest BCUT2D eigenvalue weighted by Gasteiger charge is 2.19. The third-order valence-electron chi connectivity index (χ3n) is 6.13. The number of unbranched alkanes of at least 4 members (excludes halogenated alkanes) is 2. The summed E-state index contributed by atoms with van der Waals surface area (Å²) in [5.74, 6) is 0.0618. The van der Waals surface area contributed by atoms with E-state index in [0.29, 0.717) is 10.7 Å². The van der Waals surface area contributed by atoms with Crippen LogP contribution in [0.3, 0.4) is 0 Å². The second kappa shape index (κ2) is 13.3. The third kappa shape index (κ3) is 7.18. The molecule has 0 aliphatic heterocycles. The SMILES string of the molecule is CCCCN(CCCc1ccc(C(=O)O)cc1)Cc1c(Cl)nc(-c2ccccc2)n1CCCC. The summed E-state index contributed by atoms with van der Waals surface area (Å²) >= 11 is 6.72. The highest BCUT2D eigenvalue weighted by Crippen LogP contribution is 2.27. The summed E-state index contributed by atoms with van der Waals surface area (Å²) < 4.78 is 2.31. The molecule has 0 aliphatic carbocycles. The van der Waals surface area contributed by atoms with Crippen molar-refractivity contribution in [2.45, 2.75) is 65.5 Å². The van der Waals surface area contributed by atoms with Crippen molar-refractivity contribution in [2.24, 2.45) is 0 Å². The molecule has 0 aliphatic rings. The van der Waals surface area contributed by atoms with Crippen molar-refractivity contribution in [2.75, 3.05) is 13.1 Å². The van der Waals surface area contributed by atoms with Crippen LogP contribution in [0.2, 0.25) is 5.15 Å². The van der Waals surface area contributed by atoms with E-state index < -0.39 is 5.97 Å². The number of hydrogen-bond acceptors (Lipinski definition) is 3. The zero-order chi connectivity index (χ0) is 24.3. The molecule has 182 valence electrons. The molecule has 2 aromatic carbocycles. The number of hydrogen-bond donors (Lipinski definition) is 1. The molecule has 5 nitrogen and oxygen atoms in total. The monoisotopic (exact) mass is 481 g/mol. The molecule has 0 bridgehead atoms. The fourth-order valence-electron chi connectivity index (χ4n) is 4.16. The number of carboxylic acid groups (broad SMARTS) is 1. The number of halogens is 1. The largest absolute Gasteiger partial charge is 0.478 e. The molecule has 34 heavy (non-hydrogen) atoms. The van der Waals surface area contributed by atoms with Crippen LogP contribution in [0.4, 0.5) is 0 Å². The average molecular weight is 482 g/mol. The molecule has 0 atom stereocenters. The van der Waals surface area contributed by atoms with Gasteiger partial charge in [-0.25, -0.2) is 9.78 Å². The quantitative estimate of drug-likeness (QED) is 0.271. The molecule has 1 N–H and O–H groups in total. The lowest BCUT2D eigenvalue weighted by Crippen LogP contribution is -2.27. The van der Waals surface area contributed by atoms with E-state index >= 15 is 0 Å². The molecule has 0 unspecified atom stereocenters. The molecule has 3 aromatic rings. The van der Waals surface area contributed by atoms with Crippen molar-refractivity contribution >= 4 is 17.6 Å². The standard InChI is InChI=1S/C28H36ClN3O2/c1-3-5-18-31(19-10-11-22-14-16-24(17-15-22)28(33)34)21-25-26(29)30-27(32(25)20-6-4-2)23-12-8-7-9-13-23/h7-9,12-17H,3-6,10-11,18-21H2,1-2H3,(H,33,34). The van der Waals surface area contributed by atoms with E-state index in [1.807, 2.05) is 30.3 Å². The summed E-state index contributed by atoms with van der Waals surface area (Å²) in [5, 5.41) is 9.69. The second-order valence-electron chi connectivity index (χ2n) is 8.78. The maximum absolute atomic E-state index is 11.1. The predicted octanol–water partition coefficient (Wildman–Crippen LogP) is 6.94. The van der Waals surface area contributed by atoms with Gasteiger partial charge in [0.05, 0.1) is 11.3 Å². The molecule has 3 rings (SSSR count). The van der Waals surface area contributed by atoms with Gasteiger partial charge in [-0.05, 0) is 56.5 Å². The van der Waals surface area contributed by atoms with E-state index in [9.17, 15) is 4.79 Å². The Morgan fingerprint density at radius 1 is 0.971 bits per heavy atom. The molecule has 6 heteroatoms. The number of carbonyl (C=O) groups is 1. The Morgan fingerprint density at radius 2 is 1.65 bits per heavy atom. The normalized spacial score (nSPS) is 11.3. The van der Waals surface area contributed by atoms with Crippen LogP contribution >= 0.6 is 11.6 Å². The average Bonchev–Trinajstić information content (AvgIpc) is 3.16. The summed E-state index contributed by atoms with van der Waals surface area (Å²) in [6.45, 7) is 8.08. The Hall–Kier alpha value is -2.63. The van der Waals surface area contributed by atoms with E-state index in [1.54, 1.807) is 12.1 Å². The highest BCUT2D eigenvalue weighted by atomic mass is 35.5. The first kappa shape index (κ1) is 26.0. The number of carboxylic acids is 1.